The molecule has 0 radical (unpaired) electrons. The summed E-state index contributed by atoms with van der Waals surface area (Å²) >= 11 is 5.86. The van der Waals surface area contributed by atoms with Crippen LogP contribution in [0.4, 0.5) is 4.39 Å². The molecule has 0 aromatic heterocycles. The third-order valence-corrected chi connectivity index (χ3v) is 4.88. The first-order chi connectivity index (χ1) is 13.8. The molecular formula is C21H17ClFNO5. The van der Waals surface area contributed by atoms with Crippen molar-refractivity contribution in [2.75, 3.05) is 6.54 Å². The Kier molecular flexibility index (Phi) is 5.98. The van der Waals surface area contributed by atoms with Gasteiger partial charge in [-0.2, -0.15) is 0 Å². The average molecular weight is 418 g/mol. The van der Waals surface area contributed by atoms with Gasteiger partial charge in [0.2, 0.25) is 0 Å². The fourth-order valence-electron chi connectivity index (χ4n) is 3.27. The number of carboxylic acid groups (broad SMARTS) is 1. The molecule has 6 nitrogen and oxygen atoms in total. The van der Waals surface area contributed by atoms with E-state index >= 15 is 0 Å². The van der Waals surface area contributed by atoms with Crippen LogP contribution in [0.3, 0.4) is 0 Å². The van der Waals surface area contributed by atoms with Crippen molar-refractivity contribution in [3.63, 3.8) is 0 Å². The highest BCUT2D eigenvalue weighted by atomic mass is 35.5. The van der Waals surface area contributed by atoms with Crippen LogP contribution < -0.4 is 0 Å². The van der Waals surface area contributed by atoms with Crippen LogP contribution in [0.25, 0.3) is 5.76 Å². The predicted octanol–water partition coefficient (Wildman–Crippen LogP) is 3.77. The summed E-state index contributed by atoms with van der Waals surface area (Å²) < 4.78 is 13.4. The van der Waals surface area contributed by atoms with Gasteiger partial charge in [-0.05, 0) is 48.4 Å². The second-order valence-corrected chi connectivity index (χ2v) is 6.98. The zero-order valence-corrected chi connectivity index (χ0v) is 15.9. The van der Waals surface area contributed by atoms with E-state index in [2.05, 4.69) is 0 Å². The van der Waals surface area contributed by atoms with E-state index in [4.69, 9.17) is 16.7 Å². The second kappa shape index (κ2) is 8.45. The summed E-state index contributed by atoms with van der Waals surface area (Å²) in [4.78, 5) is 37.4. The highest BCUT2D eigenvalue weighted by Crippen LogP contribution is 2.39. The van der Waals surface area contributed by atoms with Crippen molar-refractivity contribution in [3.05, 3.63) is 76.1 Å². The molecule has 0 saturated carbocycles. The number of carboxylic acids is 1. The number of carbonyl (C=O) groups excluding carboxylic acids is 2. The molecule has 1 fully saturated rings. The van der Waals surface area contributed by atoms with Gasteiger partial charge in [0.25, 0.3) is 11.7 Å². The molecule has 1 aliphatic rings. The minimum absolute atomic E-state index is 0.00366. The number of rotatable bonds is 6. The number of aliphatic carboxylic acids is 1. The zero-order valence-electron chi connectivity index (χ0n) is 15.1. The van der Waals surface area contributed by atoms with E-state index in [9.17, 15) is 23.9 Å². The summed E-state index contributed by atoms with van der Waals surface area (Å²) in [5, 5.41) is 20.1. The van der Waals surface area contributed by atoms with Gasteiger partial charge in [-0.1, -0.05) is 23.7 Å². The maximum Gasteiger partial charge on any atom is 0.303 e. The number of aliphatic hydroxyl groups excluding tert-OH is 1. The lowest BCUT2D eigenvalue weighted by atomic mass is 9.95. The SMILES string of the molecule is O=C(O)CCCN1C(=O)C(=O)C(=C(O)c2ccc(Cl)cc2)[C@H]1c1ccc(F)cc1. The van der Waals surface area contributed by atoms with Gasteiger partial charge in [0.15, 0.2) is 0 Å². The Morgan fingerprint density at radius 2 is 1.66 bits per heavy atom. The molecule has 0 bridgehead atoms. The molecule has 2 aromatic rings. The van der Waals surface area contributed by atoms with Gasteiger partial charge in [0, 0.05) is 23.6 Å². The van der Waals surface area contributed by atoms with Gasteiger partial charge in [-0.3, -0.25) is 14.4 Å². The normalized spacial score (nSPS) is 18.3. The molecule has 0 unspecified atom stereocenters. The first-order valence-corrected chi connectivity index (χ1v) is 9.19. The fourth-order valence-corrected chi connectivity index (χ4v) is 3.39. The summed E-state index contributed by atoms with van der Waals surface area (Å²) in [5.41, 5.74) is 0.584. The molecule has 1 aliphatic heterocycles. The van der Waals surface area contributed by atoms with E-state index in [1.165, 1.54) is 53.4 Å². The molecule has 2 N–H and O–H groups in total. The Morgan fingerprint density at radius 1 is 1.03 bits per heavy atom. The van der Waals surface area contributed by atoms with Crippen LogP contribution in [-0.2, 0) is 14.4 Å². The van der Waals surface area contributed by atoms with Crippen LogP contribution in [0.15, 0.2) is 54.1 Å². The van der Waals surface area contributed by atoms with E-state index < -0.39 is 29.5 Å². The van der Waals surface area contributed by atoms with Crippen LogP contribution in [0.2, 0.25) is 5.02 Å². The molecule has 1 atom stereocenters. The number of hydrogen-bond acceptors (Lipinski definition) is 4. The topological polar surface area (TPSA) is 94.9 Å². The maximum atomic E-state index is 13.4. The maximum absolute atomic E-state index is 13.4. The minimum Gasteiger partial charge on any atom is -0.507 e. The number of halogens is 2. The van der Waals surface area contributed by atoms with E-state index in [0.29, 0.717) is 16.1 Å². The monoisotopic (exact) mass is 417 g/mol. The number of hydrogen-bond donors (Lipinski definition) is 2. The number of likely N-dealkylation sites (tertiary alicyclic amines) is 1. The summed E-state index contributed by atoms with van der Waals surface area (Å²) in [5.74, 6) is -3.63. The molecule has 1 amide bonds. The van der Waals surface area contributed by atoms with Crippen molar-refractivity contribution in [1.82, 2.24) is 4.90 Å². The highest BCUT2D eigenvalue weighted by molar-refractivity contribution is 6.46. The van der Waals surface area contributed by atoms with Crippen molar-refractivity contribution < 1.29 is 29.0 Å². The van der Waals surface area contributed by atoms with Gasteiger partial charge in [-0.15, -0.1) is 0 Å². The van der Waals surface area contributed by atoms with Crippen molar-refractivity contribution in [3.8, 4) is 0 Å². The molecule has 8 heteroatoms. The van der Waals surface area contributed by atoms with Gasteiger partial charge < -0.3 is 15.1 Å². The molecular weight excluding hydrogens is 401 g/mol. The fraction of sp³-hybridized carbons (Fsp3) is 0.190. The number of carbonyl (C=O) groups is 3. The molecule has 29 heavy (non-hydrogen) atoms. The van der Waals surface area contributed by atoms with Crippen LogP contribution in [-0.4, -0.2) is 39.3 Å². The van der Waals surface area contributed by atoms with Crippen molar-refractivity contribution in [1.29, 1.82) is 0 Å². The molecule has 150 valence electrons. The highest BCUT2D eigenvalue weighted by Gasteiger charge is 2.45. The van der Waals surface area contributed by atoms with Crippen molar-refractivity contribution in [2.45, 2.75) is 18.9 Å². The molecule has 0 aliphatic carbocycles. The van der Waals surface area contributed by atoms with E-state index in [0.717, 1.165) is 0 Å². The van der Waals surface area contributed by atoms with Gasteiger partial charge in [-0.25, -0.2) is 4.39 Å². The number of aliphatic hydroxyl groups is 1. The third-order valence-electron chi connectivity index (χ3n) is 4.63. The largest absolute Gasteiger partial charge is 0.507 e. The standard InChI is InChI=1S/C21H17ClFNO5/c22-14-7-3-13(4-8-14)19(27)17-18(12-5-9-15(23)10-6-12)24(21(29)20(17)28)11-1-2-16(25)26/h3-10,18,27H,1-2,11H2,(H,25,26)/t18-/m1/s1. The molecule has 2 aromatic carbocycles. The van der Waals surface area contributed by atoms with Crippen LogP contribution >= 0.6 is 11.6 Å². The number of ketones is 1. The summed E-state index contributed by atoms with van der Waals surface area (Å²) in [7, 11) is 0. The number of amides is 1. The van der Waals surface area contributed by atoms with Crippen molar-refractivity contribution >= 4 is 35.0 Å². The second-order valence-electron chi connectivity index (χ2n) is 6.55. The van der Waals surface area contributed by atoms with Crippen LogP contribution in [0, 0.1) is 5.82 Å². The number of nitrogens with zero attached hydrogens (tertiary/aromatic N) is 1. The third kappa shape index (κ3) is 4.30. The van der Waals surface area contributed by atoms with Gasteiger partial charge in [0.1, 0.15) is 11.6 Å². The first-order valence-electron chi connectivity index (χ1n) is 8.81. The Labute approximate surface area is 170 Å². The lowest BCUT2D eigenvalue weighted by Gasteiger charge is -2.25. The average Bonchev–Trinajstić information content (AvgIpc) is 2.93. The van der Waals surface area contributed by atoms with Crippen LogP contribution in [0.1, 0.15) is 30.0 Å². The summed E-state index contributed by atoms with van der Waals surface area (Å²) in [6.45, 7) is -0.00366. The van der Waals surface area contributed by atoms with E-state index in [1.54, 1.807) is 0 Å². The predicted molar refractivity (Wildman–Crippen MR) is 104 cm³/mol. The lowest BCUT2D eigenvalue weighted by molar-refractivity contribution is -0.140. The van der Waals surface area contributed by atoms with Crippen molar-refractivity contribution in [2.24, 2.45) is 0 Å². The minimum atomic E-state index is -1.03. The quantitative estimate of drug-likeness (QED) is 0.424. The Hall–Kier alpha value is -3.19. The van der Waals surface area contributed by atoms with Gasteiger partial charge >= 0.3 is 5.97 Å². The number of benzene rings is 2. The molecule has 1 saturated heterocycles. The van der Waals surface area contributed by atoms with E-state index in [-0.39, 0.29) is 30.7 Å². The lowest BCUT2D eigenvalue weighted by Crippen LogP contribution is -2.31. The molecule has 1 heterocycles. The van der Waals surface area contributed by atoms with Gasteiger partial charge in [0.05, 0.1) is 11.6 Å². The first kappa shape index (κ1) is 20.5. The summed E-state index contributed by atoms with van der Waals surface area (Å²) in [6.07, 6.45) is -0.0582. The smallest absolute Gasteiger partial charge is 0.303 e. The number of Topliss-reactive ketones (excluding diaryl/α,β-unsaturated/α-hetero) is 1. The molecule has 3 rings (SSSR count). The Bertz CT molecular complexity index is 985. The Balaban J connectivity index is 2.08. The van der Waals surface area contributed by atoms with Crippen LogP contribution in [0.5, 0.6) is 0 Å². The Morgan fingerprint density at radius 3 is 2.24 bits per heavy atom. The summed E-state index contributed by atoms with van der Waals surface area (Å²) in [6, 6.07) is 10.4. The zero-order chi connectivity index (χ0) is 21.1. The molecule has 0 spiro atoms. The van der Waals surface area contributed by atoms with E-state index in [1.807, 2.05) is 0 Å².